The summed E-state index contributed by atoms with van der Waals surface area (Å²) in [6, 6.07) is 2.55. The zero-order chi connectivity index (χ0) is 13.3. The summed E-state index contributed by atoms with van der Waals surface area (Å²) in [6.07, 6.45) is -1.77. The molecule has 7 heteroatoms. The number of alkyl halides is 3. The summed E-state index contributed by atoms with van der Waals surface area (Å²) in [4.78, 5) is 3.71. The van der Waals surface area contributed by atoms with Gasteiger partial charge in [0.15, 0.2) is 5.95 Å². The standard InChI is InChI=1S/C11H9F4N3/c12-8-2-1-7(9(5-8)11(13,14)15)6-18-4-3-17-10(18)16/h1-5H,6H2,(H2,16,17). The molecule has 2 rings (SSSR count). The third-order valence-corrected chi connectivity index (χ3v) is 2.47. The monoisotopic (exact) mass is 259 g/mol. The second-order valence-electron chi connectivity index (χ2n) is 3.71. The van der Waals surface area contributed by atoms with Crippen LogP contribution in [0.1, 0.15) is 11.1 Å². The van der Waals surface area contributed by atoms with Crippen LogP contribution in [-0.4, -0.2) is 9.55 Å². The second kappa shape index (κ2) is 4.32. The van der Waals surface area contributed by atoms with Gasteiger partial charge in [-0.2, -0.15) is 13.2 Å². The van der Waals surface area contributed by atoms with Crippen molar-refractivity contribution in [1.82, 2.24) is 9.55 Å². The van der Waals surface area contributed by atoms with Crippen LogP contribution in [0.5, 0.6) is 0 Å². The van der Waals surface area contributed by atoms with E-state index >= 15 is 0 Å². The number of hydrogen-bond acceptors (Lipinski definition) is 2. The third kappa shape index (κ3) is 2.44. The predicted molar refractivity (Wildman–Crippen MR) is 57.1 cm³/mol. The quantitative estimate of drug-likeness (QED) is 0.842. The number of nitrogen functional groups attached to an aromatic ring is 1. The molecule has 0 aliphatic rings. The van der Waals surface area contributed by atoms with Gasteiger partial charge in [0.1, 0.15) is 5.82 Å². The fraction of sp³-hybridized carbons (Fsp3) is 0.182. The van der Waals surface area contributed by atoms with Crippen LogP contribution in [0.4, 0.5) is 23.5 Å². The van der Waals surface area contributed by atoms with E-state index in [1.165, 1.54) is 17.0 Å². The Balaban J connectivity index is 2.42. The van der Waals surface area contributed by atoms with Gasteiger partial charge in [-0.3, -0.25) is 0 Å². The molecule has 2 N–H and O–H groups in total. The number of nitrogens with zero attached hydrogens (tertiary/aromatic N) is 2. The molecule has 0 amide bonds. The lowest BCUT2D eigenvalue weighted by atomic mass is 10.1. The smallest absolute Gasteiger partial charge is 0.369 e. The molecule has 1 heterocycles. The normalized spacial score (nSPS) is 11.8. The first-order valence-electron chi connectivity index (χ1n) is 5.00. The number of halogens is 4. The fourth-order valence-corrected chi connectivity index (χ4v) is 1.61. The SMILES string of the molecule is Nc1nccn1Cc1ccc(F)cc1C(F)(F)F. The number of aromatic nitrogens is 2. The van der Waals surface area contributed by atoms with Crippen molar-refractivity contribution in [3.63, 3.8) is 0 Å². The molecule has 0 unspecified atom stereocenters. The molecule has 0 atom stereocenters. The van der Waals surface area contributed by atoms with E-state index in [4.69, 9.17) is 5.73 Å². The van der Waals surface area contributed by atoms with Gasteiger partial charge in [-0.15, -0.1) is 0 Å². The first-order valence-corrected chi connectivity index (χ1v) is 5.00. The Hall–Kier alpha value is -2.05. The van der Waals surface area contributed by atoms with E-state index in [2.05, 4.69) is 4.98 Å². The van der Waals surface area contributed by atoms with Gasteiger partial charge in [-0.25, -0.2) is 9.37 Å². The summed E-state index contributed by atoms with van der Waals surface area (Å²) >= 11 is 0. The number of imidazole rings is 1. The van der Waals surface area contributed by atoms with E-state index in [9.17, 15) is 17.6 Å². The molecule has 1 aromatic carbocycles. The largest absolute Gasteiger partial charge is 0.416 e. The average Bonchev–Trinajstić information content (AvgIpc) is 2.66. The summed E-state index contributed by atoms with van der Waals surface area (Å²) in [7, 11) is 0. The van der Waals surface area contributed by atoms with E-state index in [0.29, 0.717) is 6.07 Å². The fourth-order valence-electron chi connectivity index (χ4n) is 1.61. The highest BCUT2D eigenvalue weighted by atomic mass is 19.4. The summed E-state index contributed by atoms with van der Waals surface area (Å²) in [5.74, 6) is -0.822. The van der Waals surface area contributed by atoms with Crippen molar-refractivity contribution in [2.24, 2.45) is 0 Å². The van der Waals surface area contributed by atoms with Gasteiger partial charge < -0.3 is 10.3 Å². The van der Waals surface area contributed by atoms with E-state index < -0.39 is 17.6 Å². The first-order chi connectivity index (χ1) is 8.38. The molecule has 18 heavy (non-hydrogen) atoms. The summed E-state index contributed by atoms with van der Waals surface area (Å²) in [6.45, 7) is -0.110. The molecule has 0 saturated heterocycles. The number of rotatable bonds is 2. The van der Waals surface area contributed by atoms with Crippen LogP contribution >= 0.6 is 0 Å². The topological polar surface area (TPSA) is 43.8 Å². The van der Waals surface area contributed by atoms with E-state index in [1.807, 2.05) is 0 Å². The van der Waals surface area contributed by atoms with Gasteiger partial charge in [0.25, 0.3) is 0 Å². The van der Waals surface area contributed by atoms with Crippen molar-refractivity contribution in [2.45, 2.75) is 12.7 Å². The van der Waals surface area contributed by atoms with Gasteiger partial charge in [0.05, 0.1) is 12.1 Å². The molecule has 3 nitrogen and oxygen atoms in total. The Morgan fingerprint density at radius 1 is 1.28 bits per heavy atom. The van der Waals surface area contributed by atoms with Crippen LogP contribution in [0.25, 0.3) is 0 Å². The van der Waals surface area contributed by atoms with Gasteiger partial charge >= 0.3 is 6.18 Å². The van der Waals surface area contributed by atoms with Crippen LogP contribution in [0, 0.1) is 5.82 Å². The highest BCUT2D eigenvalue weighted by Crippen LogP contribution is 2.33. The molecule has 0 saturated carbocycles. The minimum absolute atomic E-state index is 0.0615. The Morgan fingerprint density at radius 3 is 2.56 bits per heavy atom. The third-order valence-electron chi connectivity index (χ3n) is 2.47. The maximum atomic E-state index is 12.9. The number of hydrogen-bond donors (Lipinski definition) is 1. The second-order valence-corrected chi connectivity index (χ2v) is 3.71. The van der Waals surface area contributed by atoms with Gasteiger partial charge in [-0.05, 0) is 17.7 Å². The molecule has 1 aromatic heterocycles. The molecular weight excluding hydrogens is 250 g/mol. The zero-order valence-electron chi connectivity index (χ0n) is 9.08. The van der Waals surface area contributed by atoms with Crippen LogP contribution in [-0.2, 0) is 12.7 Å². The molecule has 0 fully saturated rings. The lowest BCUT2D eigenvalue weighted by molar-refractivity contribution is -0.138. The van der Waals surface area contributed by atoms with Gasteiger partial charge in [-0.1, -0.05) is 6.07 Å². The summed E-state index contributed by atoms with van der Waals surface area (Å²) < 4.78 is 52.4. The van der Waals surface area contributed by atoms with Crippen molar-refractivity contribution in [1.29, 1.82) is 0 Å². The molecule has 0 aliphatic heterocycles. The van der Waals surface area contributed by atoms with Crippen molar-refractivity contribution < 1.29 is 17.6 Å². The lowest BCUT2D eigenvalue weighted by Gasteiger charge is -2.13. The number of anilines is 1. The molecule has 2 aromatic rings. The molecule has 0 radical (unpaired) electrons. The highest BCUT2D eigenvalue weighted by Gasteiger charge is 2.33. The molecular formula is C11H9F4N3. The Bertz CT molecular complexity index is 560. The molecule has 0 bridgehead atoms. The van der Waals surface area contributed by atoms with Crippen LogP contribution in [0.3, 0.4) is 0 Å². The Labute approximate surface area is 99.9 Å². The van der Waals surface area contributed by atoms with Gasteiger partial charge in [0, 0.05) is 12.4 Å². The first kappa shape index (κ1) is 12.4. The molecule has 0 aliphatic carbocycles. The van der Waals surface area contributed by atoms with Crippen molar-refractivity contribution in [3.8, 4) is 0 Å². The lowest BCUT2D eigenvalue weighted by Crippen LogP contribution is -2.13. The van der Waals surface area contributed by atoms with E-state index in [1.54, 1.807) is 0 Å². The van der Waals surface area contributed by atoms with Crippen LogP contribution in [0.2, 0.25) is 0 Å². The van der Waals surface area contributed by atoms with Crippen molar-refractivity contribution in [2.75, 3.05) is 5.73 Å². The van der Waals surface area contributed by atoms with Gasteiger partial charge in [0.2, 0.25) is 0 Å². The van der Waals surface area contributed by atoms with Crippen molar-refractivity contribution >= 4 is 5.95 Å². The Kier molecular flexibility index (Phi) is 2.98. The predicted octanol–water partition coefficient (Wildman–Crippen LogP) is 2.67. The minimum atomic E-state index is -4.60. The highest BCUT2D eigenvalue weighted by molar-refractivity contribution is 5.32. The van der Waals surface area contributed by atoms with E-state index in [0.717, 1.165) is 12.1 Å². The Morgan fingerprint density at radius 2 is 2.00 bits per heavy atom. The van der Waals surface area contributed by atoms with Crippen LogP contribution < -0.4 is 5.73 Å². The summed E-state index contributed by atoms with van der Waals surface area (Å²) in [5.41, 5.74) is 4.41. The molecule has 96 valence electrons. The number of benzene rings is 1. The zero-order valence-corrected chi connectivity index (χ0v) is 9.08. The van der Waals surface area contributed by atoms with Crippen LogP contribution in [0.15, 0.2) is 30.6 Å². The van der Waals surface area contributed by atoms with E-state index in [-0.39, 0.29) is 18.1 Å². The number of nitrogens with two attached hydrogens (primary N) is 1. The summed E-state index contributed by atoms with van der Waals surface area (Å²) in [5, 5.41) is 0. The maximum Gasteiger partial charge on any atom is 0.416 e. The van der Waals surface area contributed by atoms with Crippen molar-refractivity contribution in [3.05, 3.63) is 47.5 Å². The minimum Gasteiger partial charge on any atom is -0.369 e. The molecule has 0 spiro atoms. The average molecular weight is 259 g/mol. The maximum absolute atomic E-state index is 12.9.